The summed E-state index contributed by atoms with van der Waals surface area (Å²) in [4.78, 5) is 4.15. The van der Waals surface area contributed by atoms with Gasteiger partial charge in [0.1, 0.15) is 5.75 Å². The highest BCUT2D eigenvalue weighted by molar-refractivity contribution is 6.58. The number of hydrogen-bond donors (Lipinski definition) is 2. The average molecular weight is 203 g/mol. The molecule has 0 spiro atoms. The number of benzene rings is 1. The highest BCUT2D eigenvalue weighted by Crippen LogP contribution is 2.21. The van der Waals surface area contributed by atoms with Crippen LogP contribution in [0.1, 0.15) is 0 Å². The molecule has 2 aromatic rings. The number of methoxy groups -OCH3 is 1. The Hall–Kier alpha value is -1.59. The van der Waals surface area contributed by atoms with E-state index in [1.807, 2.05) is 0 Å². The molecular formula is C10H10BNO3. The van der Waals surface area contributed by atoms with Crippen molar-refractivity contribution in [3.05, 3.63) is 30.5 Å². The van der Waals surface area contributed by atoms with E-state index in [2.05, 4.69) is 4.98 Å². The molecule has 1 aromatic heterocycles. The number of pyridine rings is 1. The van der Waals surface area contributed by atoms with Crippen LogP contribution in [-0.4, -0.2) is 29.3 Å². The summed E-state index contributed by atoms with van der Waals surface area (Å²) in [5.41, 5.74) is 1.19. The molecule has 5 heteroatoms. The van der Waals surface area contributed by atoms with Gasteiger partial charge in [-0.15, -0.1) is 0 Å². The fourth-order valence-corrected chi connectivity index (χ4v) is 1.48. The van der Waals surface area contributed by atoms with Gasteiger partial charge >= 0.3 is 7.12 Å². The zero-order chi connectivity index (χ0) is 10.8. The molecule has 4 nitrogen and oxygen atoms in total. The predicted molar refractivity (Wildman–Crippen MR) is 58.1 cm³/mol. The molecule has 0 fully saturated rings. The number of aromatic nitrogens is 1. The van der Waals surface area contributed by atoms with E-state index >= 15 is 0 Å². The maximum Gasteiger partial charge on any atom is 0.488 e. The molecular weight excluding hydrogens is 193 g/mol. The Labute approximate surface area is 87.3 Å². The second-order valence-electron chi connectivity index (χ2n) is 3.16. The Bertz CT molecular complexity index is 487. The summed E-state index contributed by atoms with van der Waals surface area (Å²) in [5.74, 6) is 0.669. The molecule has 0 unspecified atom stereocenters. The van der Waals surface area contributed by atoms with Crippen molar-refractivity contribution in [2.24, 2.45) is 0 Å². The van der Waals surface area contributed by atoms with Crippen molar-refractivity contribution in [2.45, 2.75) is 0 Å². The third-order valence-corrected chi connectivity index (χ3v) is 2.24. The van der Waals surface area contributed by atoms with Crippen LogP contribution in [0, 0.1) is 0 Å². The molecule has 2 rings (SSSR count). The Kier molecular flexibility index (Phi) is 2.57. The summed E-state index contributed by atoms with van der Waals surface area (Å²) >= 11 is 0. The largest absolute Gasteiger partial charge is 0.496 e. The first-order valence-electron chi connectivity index (χ1n) is 4.51. The van der Waals surface area contributed by atoms with Crippen LogP contribution in [-0.2, 0) is 0 Å². The zero-order valence-corrected chi connectivity index (χ0v) is 8.21. The summed E-state index contributed by atoms with van der Waals surface area (Å²) in [6.07, 6.45) is 1.65. The lowest BCUT2D eigenvalue weighted by Crippen LogP contribution is -2.29. The first-order chi connectivity index (χ1) is 7.22. The smallest absolute Gasteiger partial charge is 0.488 e. The average Bonchev–Trinajstić information content (AvgIpc) is 2.27. The monoisotopic (exact) mass is 203 g/mol. The van der Waals surface area contributed by atoms with Gasteiger partial charge in [-0.25, -0.2) is 0 Å². The molecule has 0 saturated carbocycles. The Morgan fingerprint density at radius 1 is 1.27 bits per heavy atom. The fraction of sp³-hybridized carbons (Fsp3) is 0.100. The maximum atomic E-state index is 9.04. The summed E-state index contributed by atoms with van der Waals surface area (Å²) in [7, 11) is 0.0934. The molecule has 0 saturated heterocycles. The molecule has 1 heterocycles. The SMILES string of the molecule is COc1ccnc2ccc(B(O)O)cc12. The van der Waals surface area contributed by atoms with E-state index in [4.69, 9.17) is 14.8 Å². The lowest BCUT2D eigenvalue weighted by Gasteiger charge is -2.06. The molecule has 0 atom stereocenters. The van der Waals surface area contributed by atoms with Crippen molar-refractivity contribution in [3.63, 3.8) is 0 Å². The van der Waals surface area contributed by atoms with Crippen LogP contribution in [0.5, 0.6) is 5.75 Å². The minimum Gasteiger partial charge on any atom is -0.496 e. The standard InChI is InChI=1S/C10H10BNO3/c1-15-10-4-5-12-9-3-2-7(11(13)14)6-8(9)10/h2-6,13-14H,1H3. The van der Waals surface area contributed by atoms with Crippen LogP contribution in [0.2, 0.25) is 0 Å². The fourth-order valence-electron chi connectivity index (χ4n) is 1.48. The minimum atomic E-state index is -1.47. The minimum absolute atomic E-state index is 0.425. The highest BCUT2D eigenvalue weighted by Gasteiger charge is 2.12. The molecule has 0 aliphatic carbocycles. The Balaban J connectivity index is 2.67. The van der Waals surface area contributed by atoms with Crippen molar-refractivity contribution in [1.82, 2.24) is 4.98 Å². The molecule has 0 aliphatic heterocycles. The van der Waals surface area contributed by atoms with E-state index in [0.29, 0.717) is 11.2 Å². The molecule has 1 aromatic carbocycles. The number of rotatable bonds is 2. The molecule has 0 aliphatic rings. The highest BCUT2D eigenvalue weighted by atomic mass is 16.5. The summed E-state index contributed by atoms with van der Waals surface area (Å²) in [5, 5.41) is 18.9. The molecule has 2 N–H and O–H groups in total. The second kappa shape index (κ2) is 3.88. The molecule has 0 bridgehead atoms. The first kappa shape index (κ1) is 9.95. The van der Waals surface area contributed by atoms with Gasteiger partial charge < -0.3 is 14.8 Å². The van der Waals surface area contributed by atoms with Crippen molar-refractivity contribution >= 4 is 23.5 Å². The number of hydrogen-bond acceptors (Lipinski definition) is 4. The van der Waals surface area contributed by atoms with Crippen LogP contribution in [0.25, 0.3) is 10.9 Å². The van der Waals surface area contributed by atoms with Crippen molar-refractivity contribution in [1.29, 1.82) is 0 Å². The van der Waals surface area contributed by atoms with Gasteiger partial charge in [0.05, 0.1) is 12.6 Å². The van der Waals surface area contributed by atoms with E-state index < -0.39 is 7.12 Å². The van der Waals surface area contributed by atoms with Crippen LogP contribution >= 0.6 is 0 Å². The molecule has 76 valence electrons. The molecule has 0 amide bonds. The van der Waals surface area contributed by atoms with E-state index in [0.717, 1.165) is 10.9 Å². The van der Waals surface area contributed by atoms with E-state index in [1.165, 1.54) is 0 Å². The second-order valence-corrected chi connectivity index (χ2v) is 3.16. The summed E-state index contributed by atoms with van der Waals surface area (Å²) in [6, 6.07) is 6.74. The van der Waals surface area contributed by atoms with E-state index in [9.17, 15) is 0 Å². The number of ether oxygens (including phenoxy) is 1. The van der Waals surface area contributed by atoms with Gasteiger partial charge in [0, 0.05) is 11.6 Å². The van der Waals surface area contributed by atoms with Crippen LogP contribution < -0.4 is 10.2 Å². The van der Waals surface area contributed by atoms with Gasteiger partial charge in [0.25, 0.3) is 0 Å². The quantitative estimate of drug-likeness (QED) is 0.670. The topological polar surface area (TPSA) is 62.6 Å². The summed E-state index contributed by atoms with van der Waals surface area (Å²) < 4.78 is 5.16. The Morgan fingerprint density at radius 3 is 2.73 bits per heavy atom. The number of nitrogens with zero attached hydrogens (tertiary/aromatic N) is 1. The first-order valence-corrected chi connectivity index (χ1v) is 4.51. The van der Waals surface area contributed by atoms with Gasteiger partial charge in [-0.3, -0.25) is 4.98 Å². The maximum absolute atomic E-state index is 9.04. The normalized spacial score (nSPS) is 10.3. The molecule has 0 radical (unpaired) electrons. The van der Waals surface area contributed by atoms with Crippen molar-refractivity contribution in [2.75, 3.05) is 7.11 Å². The third kappa shape index (κ3) is 1.79. The molecule has 15 heavy (non-hydrogen) atoms. The van der Waals surface area contributed by atoms with Crippen LogP contribution in [0.4, 0.5) is 0 Å². The van der Waals surface area contributed by atoms with Crippen LogP contribution in [0.3, 0.4) is 0 Å². The van der Waals surface area contributed by atoms with E-state index in [1.54, 1.807) is 37.6 Å². The van der Waals surface area contributed by atoms with Crippen molar-refractivity contribution in [3.8, 4) is 5.75 Å². The lowest BCUT2D eigenvalue weighted by atomic mass is 9.80. The zero-order valence-electron chi connectivity index (χ0n) is 8.21. The lowest BCUT2D eigenvalue weighted by molar-refractivity contribution is 0.419. The van der Waals surface area contributed by atoms with Gasteiger partial charge in [-0.1, -0.05) is 6.07 Å². The van der Waals surface area contributed by atoms with Gasteiger partial charge in [0.2, 0.25) is 0 Å². The van der Waals surface area contributed by atoms with Gasteiger partial charge in [-0.2, -0.15) is 0 Å². The summed E-state index contributed by atoms with van der Waals surface area (Å²) in [6.45, 7) is 0. The predicted octanol–water partition coefficient (Wildman–Crippen LogP) is -0.0768. The number of fused-ring (bicyclic) bond motifs is 1. The van der Waals surface area contributed by atoms with Gasteiger partial charge in [-0.05, 0) is 23.7 Å². The van der Waals surface area contributed by atoms with Crippen LogP contribution in [0.15, 0.2) is 30.5 Å². The van der Waals surface area contributed by atoms with Crippen molar-refractivity contribution < 1.29 is 14.8 Å². The Morgan fingerprint density at radius 2 is 2.07 bits per heavy atom. The van der Waals surface area contributed by atoms with E-state index in [-0.39, 0.29) is 0 Å². The third-order valence-electron chi connectivity index (χ3n) is 2.24. The van der Waals surface area contributed by atoms with Gasteiger partial charge in [0.15, 0.2) is 0 Å².